The highest BCUT2D eigenvalue weighted by Gasteiger charge is 2.45. The van der Waals surface area contributed by atoms with E-state index in [0.717, 1.165) is 44.2 Å². The number of hydrogen-bond donors (Lipinski definition) is 2. The number of sulfone groups is 1. The van der Waals surface area contributed by atoms with Crippen LogP contribution in [0.1, 0.15) is 52.9 Å². The van der Waals surface area contributed by atoms with Crippen LogP contribution in [0, 0.1) is 11.3 Å². The van der Waals surface area contributed by atoms with Gasteiger partial charge < -0.3 is 10.6 Å². The summed E-state index contributed by atoms with van der Waals surface area (Å²) in [6.07, 6.45) is 6.87. The Morgan fingerprint density at radius 3 is 2.41 bits per heavy atom. The van der Waals surface area contributed by atoms with Crippen molar-refractivity contribution in [2.24, 2.45) is 16.3 Å². The van der Waals surface area contributed by atoms with Crippen molar-refractivity contribution in [1.29, 1.82) is 0 Å². The van der Waals surface area contributed by atoms with Crippen LogP contribution in [0.2, 0.25) is 0 Å². The summed E-state index contributed by atoms with van der Waals surface area (Å²) in [6.45, 7) is 8.86. The first kappa shape index (κ1) is 19.3. The van der Waals surface area contributed by atoms with Crippen molar-refractivity contribution >= 4 is 15.8 Å². The van der Waals surface area contributed by atoms with Crippen LogP contribution in [0.3, 0.4) is 0 Å². The molecule has 0 radical (unpaired) electrons. The second kappa shape index (κ2) is 8.75. The zero-order chi connectivity index (χ0) is 16.6. The van der Waals surface area contributed by atoms with Gasteiger partial charge >= 0.3 is 0 Å². The topological polar surface area (TPSA) is 70.6 Å². The second-order valence-electron chi connectivity index (χ2n) is 7.08. The molecule has 0 spiro atoms. The van der Waals surface area contributed by atoms with E-state index in [1.165, 1.54) is 19.1 Å². The first-order chi connectivity index (χ1) is 10.3. The summed E-state index contributed by atoms with van der Waals surface area (Å²) in [6, 6.07) is 0. The number of aliphatic imine (C=N–C) groups is 1. The molecule has 0 aromatic rings. The van der Waals surface area contributed by atoms with Gasteiger partial charge in [-0.3, -0.25) is 4.99 Å². The number of nitrogens with zero attached hydrogens (tertiary/aromatic N) is 1. The number of hydrogen-bond acceptors (Lipinski definition) is 3. The molecular weight excluding hydrogens is 298 g/mol. The highest BCUT2D eigenvalue weighted by Crippen LogP contribution is 2.46. The molecule has 1 aliphatic carbocycles. The largest absolute Gasteiger partial charge is 0.357 e. The normalized spacial score (nSPS) is 17.6. The molecule has 0 aliphatic heterocycles. The van der Waals surface area contributed by atoms with Crippen molar-refractivity contribution in [2.45, 2.75) is 52.9 Å². The molecule has 0 saturated heterocycles. The monoisotopic (exact) mass is 331 g/mol. The highest BCUT2D eigenvalue weighted by molar-refractivity contribution is 7.90. The van der Waals surface area contributed by atoms with Crippen molar-refractivity contribution < 1.29 is 8.42 Å². The van der Waals surface area contributed by atoms with Gasteiger partial charge in [0, 0.05) is 31.3 Å². The van der Waals surface area contributed by atoms with E-state index in [4.69, 9.17) is 0 Å². The fraction of sp³-hybridized carbons (Fsp3) is 0.938. The van der Waals surface area contributed by atoms with Crippen molar-refractivity contribution in [3.8, 4) is 0 Å². The third kappa shape index (κ3) is 8.61. The third-order valence-corrected chi connectivity index (χ3v) is 5.08. The minimum absolute atomic E-state index is 0.104. The molecule has 0 heterocycles. The summed E-state index contributed by atoms with van der Waals surface area (Å²) in [4.78, 5) is 4.59. The Bertz CT molecular complexity index is 454. The maximum Gasteiger partial charge on any atom is 0.191 e. The van der Waals surface area contributed by atoms with Crippen LogP contribution in [0.4, 0.5) is 0 Å². The van der Waals surface area contributed by atoms with E-state index >= 15 is 0 Å². The Morgan fingerprint density at radius 1 is 1.23 bits per heavy atom. The van der Waals surface area contributed by atoms with Gasteiger partial charge in [0.1, 0.15) is 9.84 Å². The average molecular weight is 332 g/mol. The SMILES string of the molecule is CCNC(=NCC1(CS(C)(=O)=O)CC1)NCCCCC(C)C. The van der Waals surface area contributed by atoms with E-state index in [-0.39, 0.29) is 11.2 Å². The first-order valence-corrected chi connectivity index (χ1v) is 10.5. The van der Waals surface area contributed by atoms with Crippen LogP contribution >= 0.6 is 0 Å². The fourth-order valence-electron chi connectivity index (χ4n) is 2.55. The fourth-order valence-corrected chi connectivity index (χ4v) is 4.05. The lowest BCUT2D eigenvalue weighted by Gasteiger charge is -2.15. The molecule has 6 heteroatoms. The molecule has 22 heavy (non-hydrogen) atoms. The average Bonchev–Trinajstić information content (AvgIpc) is 3.13. The summed E-state index contributed by atoms with van der Waals surface area (Å²) < 4.78 is 23.0. The molecule has 5 nitrogen and oxygen atoms in total. The Morgan fingerprint density at radius 2 is 1.91 bits per heavy atom. The van der Waals surface area contributed by atoms with E-state index < -0.39 is 9.84 Å². The van der Waals surface area contributed by atoms with Gasteiger partial charge in [0.15, 0.2) is 5.96 Å². The number of rotatable bonds is 10. The van der Waals surface area contributed by atoms with Crippen molar-refractivity contribution in [2.75, 3.05) is 31.6 Å². The van der Waals surface area contributed by atoms with E-state index in [0.29, 0.717) is 6.54 Å². The lowest BCUT2D eigenvalue weighted by molar-refractivity contribution is 0.532. The van der Waals surface area contributed by atoms with Crippen molar-refractivity contribution in [3.05, 3.63) is 0 Å². The Labute approximate surface area is 136 Å². The van der Waals surface area contributed by atoms with Gasteiger partial charge in [-0.25, -0.2) is 8.42 Å². The summed E-state index contributed by atoms with van der Waals surface area (Å²) in [5.41, 5.74) is -0.104. The van der Waals surface area contributed by atoms with Crippen LogP contribution in [-0.4, -0.2) is 46.0 Å². The van der Waals surface area contributed by atoms with Crippen molar-refractivity contribution in [3.63, 3.8) is 0 Å². The maximum atomic E-state index is 11.5. The molecule has 1 rings (SSSR count). The first-order valence-electron chi connectivity index (χ1n) is 8.46. The molecule has 0 amide bonds. The van der Waals surface area contributed by atoms with Crippen LogP contribution in [-0.2, 0) is 9.84 Å². The van der Waals surface area contributed by atoms with Crippen LogP contribution in [0.5, 0.6) is 0 Å². The lowest BCUT2D eigenvalue weighted by Crippen LogP contribution is -2.38. The second-order valence-corrected chi connectivity index (χ2v) is 9.22. The molecule has 1 fully saturated rings. The predicted molar refractivity (Wildman–Crippen MR) is 94.0 cm³/mol. The van der Waals surface area contributed by atoms with Gasteiger partial charge in [-0.1, -0.05) is 26.7 Å². The number of unbranched alkanes of at least 4 members (excludes halogenated alkanes) is 1. The minimum Gasteiger partial charge on any atom is -0.357 e. The molecule has 2 N–H and O–H groups in total. The van der Waals surface area contributed by atoms with Gasteiger partial charge in [0.25, 0.3) is 0 Å². The Kier molecular flexibility index (Phi) is 7.66. The van der Waals surface area contributed by atoms with Crippen LogP contribution in [0.15, 0.2) is 4.99 Å². The number of guanidine groups is 1. The molecule has 0 unspecified atom stereocenters. The minimum atomic E-state index is -2.92. The summed E-state index contributed by atoms with van der Waals surface area (Å²) in [5.74, 6) is 1.83. The quantitative estimate of drug-likeness (QED) is 0.366. The molecule has 0 bridgehead atoms. The smallest absolute Gasteiger partial charge is 0.191 e. The molecule has 130 valence electrons. The predicted octanol–water partition coefficient (Wildman–Crippen LogP) is 2.19. The molecule has 0 aromatic carbocycles. The van der Waals surface area contributed by atoms with Gasteiger partial charge in [-0.2, -0.15) is 0 Å². The van der Waals surface area contributed by atoms with E-state index in [1.807, 2.05) is 6.92 Å². The molecule has 1 aliphatic rings. The Hall–Kier alpha value is -0.780. The van der Waals surface area contributed by atoms with E-state index in [9.17, 15) is 8.42 Å². The maximum absolute atomic E-state index is 11.5. The van der Waals surface area contributed by atoms with Gasteiger partial charge in [-0.05, 0) is 32.1 Å². The molecule has 1 saturated carbocycles. The van der Waals surface area contributed by atoms with Gasteiger partial charge in [0.2, 0.25) is 0 Å². The molecular formula is C16H33N3O2S. The molecule has 0 atom stereocenters. The van der Waals surface area contributed by atoms with E-state index in [2.05, 4.69) is 29.5 Å². The zero-order valence-corrected chi connectivity index (χ0v) is 15.4. The van der Waals surface area contributed by atoms with Gasteiger partial charge in [-0.15, -0.1) is 0 Å². The highest BCUT2D eigenvalue weighted by atomic mass is 32.2. The summed E-state index contributed by atoms with van der Waals surface area (Å²) in [5, 5.41) is 6.58. The van der Waals surface area contributed by atoms with Crippen molar-refractivity contribution in [1.82, 2.24) is 10.6 Å². The standard InChI is InChI=1S/C16H33N3O2S/c1-5-17-15(18-11-7-6-8-14(2)3)19-12-16(9-10-16)13-22(4,20)21/h14H,5-13H2,1-4H3,(H2,17,18,19). The van der Waals surface area contributed by atoms with E-state index in [1.54, 1.807) is 0 Å². The summed E-state index contributed by atoms with van der Waals surface area (Å²) >= 11 is 0. The number of nitrogens with one attached hydrogen (secondary N) is 2. The lowest BCUT2D eigenvalue weighted by atomic mass is 10.1. The Balaban J connectivity index is 2.39. The summed E-state index contributed by atoms with van der Waals surface area (Å²) in [7, 11) is -2.92. The van der Waals surface area contributed by atoms with Gasteiger partial charge in [0.05, 0.1) is 5.75 Å². The third-order valence-electron chi connectivity index (χ3n) is 3.94. The molecule has 0 aromatic heterocycles. The van der Waals surface area contributed by atoms with Crippen LogP contribution in [0.25, 0.3) is 0 Å². The zero-order valence-electron chi connectivity index (χ0n) is 14.6. The van der Waals surface area contributed by atoms with Crippen LogP contribution < -0.4 is 10.6 Å².